The summed E-state index contributed by atoms with van der Waals surface area (Å²) in [6.07, 6.45) is 0.633. The zero-order chi connectivity index (χ0) is 20.6. The number of ether oxygens (including phenoxy) is 1. The Labute approximate surface area is 169 Å². The number of carbonyl (C=O) groups is 2. The fourth-order valence-corrected chi connectivity index (χ4v) is 2.91. The highest BCUT2D eigenvalue weighted by atomic mass is 16.5. The average molecular weight is 392 g/mol. The zero-order valence-corrected chi connectivity index (χ0v) is 16.5. The Kier molecular flexibility index (Phi) is 6.68. The molecule has 1 heterocycles. The van der Waals surface area contributed by atoms with Gasteiger partial charge in [0.1, 0.15) is 17.3 Å². The van der Waals surface area contributed by atoms with Crippen molar-refractivity contribution in [2.75, 3.05) is 6.61 Å². The van der Waals surface area contributed by atoms with E-state index in [1.54, 1.807) is 0 Å². The lowest BCUT2D eigenvalue weighted by atomic mass is 10.1. The van der Waals surface area contributed by atoms with Crippen LogP contribution in [0.5, 0.6) is 5.75 Å². The Bertz CT molecular complexity index is 959. The van der Waals surface area contributed by atoms with Gasteiger partial charge in [0.2, 0.25) is 5.91 Å². The summed E-state index contributed by atoms with van der Waals surface area (Å²) < 4.78 is 11.2. The van der Waals surface area contributed by atoms with Crippen molar-refractivity contribution in [3.8, 4) is 17.1 Å². The van der Waals surface area contributed by atoms with E-state index in [-0.39, 0.29) is 18.9 Å². The minimum Gasteiger partial charge on any atom is -0.484 e. The first-order valence-corrected chi connectivity index (χ1v) is 9.42. The molecule has 0 fully saturated rings. The number of carbonyl (C=O) groups excluding carboxylic acids is 2. The van der Waals surface area contributed by atoms with Crippen LogP contribution < -0.4 is 15.6 Å². The summed E-state index contributed by atoms with van der Waals surface area (Å²) in [6.45, 7) is 3.74. The Morgan fingerprint density at radius 3 is 2.31 bits per heavy atom. The third-order valence-corrected chi connectivity index (χ3v) is 4.22. The Balaban J connectivity index is 1.38. The number of hydrazine groups is 1. The standard InChI is InChI=1S/C23H24N2O4/c1-16-12-17(2)14-20(13-16)28-15-23(27)25-24-22(26)11-9-19-8-10-21(29-19)18-6-4-3-5-7-18/h3-8,10,12-14H,9,11,15H2,1-2H3,(H,24,26)(H,25,27). The first kappa shape index (κ1) is 20.2. The van der Waals surface area contributed by atoms with Crippen molar-refractivity contribution < 1.29 is 18.7 Å². The topological polar surface area (TPSA) is 80.6 Å². The molecule has 0 atom stereocenters. The van der Waals surface area contributed by atoms with Crippen LogP contribution in [0.1, 0.15) is 23.3 Å². The lowest BCUT2D eigenvalue weighted by Crippen LogP contribution is -2.43. The second-order valence-electron chi connectivity index (χ2n) is 6.84. The van der Waals surface area contributed by atoms with Gasteiger partial charge >= 0.3 is 0 Å². The minimum absolute atomic E-state index is 0.179. The maximum atomic E-state index is 12.0. The van der Waals surface area contributed by atoms with E-state index in [1.165, 1.54) is 0 Å². The summed E-state index contributed by atoms with van der Waals surface area (Å²) >= 11 is 0. The maximum Gasteiger partial charge on any atom is 0.276 e. The van der Waals surface area contributed by atoms with Crippen LogP contribution >= 0.6 is 0 Å². The van der Waals surface area contributed by atoms with E-state index in [1.807, 2.05) is 74.5 Å². The van der Waals surface area contributed by atoms with Crippen LogP contribution in [-0.4, -0.2) is 18.4 Å². The van der Waals surface area contributed by atoms with Gasteiger partial charge in [-0.05, 0) is 49.2 Å². The molecule has 0 aliphatic rings. The monoisotopic (exact) mass is 392 g/mol. The number of hydrogen-bond donors (Lipinski definition) is 2. The van der Waals surface area contributed by atoms with Crippen molar-refractivity contribution >= 4 is 11.8 Å². The van der Waals surface area contributed by atoms with Crippen molar-refractivity contribution in [2.24, 2.45) is 0 Å². The second-order valence-corrected chi connectivity index (χ2v) is 6.84. The van der Waals surface area contributed by atoms with Crippen LogP contribution in [-0.2, 0) is 16.0 Å². The number of rotatable bonds is 7. The quantitative estimate of drug-likeness (QED) is 0.601. The van der Waals surface area contributed by atoms with Crippen LogP contribution in [0.25, 0.3) is 11.3 Å². The van der Waals surface area contributed by atoms with Gasteiger partial charge in [0.15, 0.2) is 6.61 Å². The summed E-state index contributed by atoms with van der Waals surface area (Å²) in [5, 5.41) is 0. The van der Waals surface area contributed by atoms with E-state index in [4.69, 9.17) is 9.15 Å². The van der Waals surface area contributed by atoms with E-state index in [9.17, 15) is 9.59 Å². The molecule has 29 heavy (non-hydrogen) atoms. The van der Waals surface area contributed by atoms with Crippen LogP contribution in [0, 0.1) is 13.8 Å². The molecule has 1 aromatic heterocycles. The van der Waals surface area contributed by atoms with E-state index in [0.717, 1.165) is 22.5 Å². The van der Waals surface area contributed by atoms with Crippen molar-refractivity contribution in [1.29, 1.82) is 0 Å². The largest absolute Gasteiger partial charge is 0.484 e. The molecule has 0 radical (unpaired) electrons. The second kappa shape index (κ2) is 9.59. The number of hydrogen-bond acceptors (Lipinski definition) is 4. The highest BCUT2D eigenvalue weighted by molar-refractivity contribution is 5.82. The van der Waals surface area contributed by atoms with Gasteiger partial charge in [-0.15, -0.1) is 0 Å². The summed E-state index contributed by atoms with van der Waals surface area (Å²) in [7, 11) is 0. The van der Waals surface area contributed by atoms with Crippen molar-refractivity contribution in [3.05, 3.63) is 77.6 Å². The predicted octanol–water partition coefficient (Wildman–Crippen LogP) is 3.72. The van der Waals surface area contributed by atoms with Gasteiger partial charge in [0.25, 0.3) is 5.91 Å². The molecule has 6 heteroatoms. The molecule has 3 rings (SSSR count). The molecular weight excluding hydrogens is 368 g/mol. The van der Waals surface area contributed by atoms with Gasteiger partial charge in [0.05, 0.1) is 0 Å². The SMILES string of the molecule is Cc1cc(C)cc(OCC(=O)NNC(=O)CCc2ccc(-c3ccccc3)o2)c1. The van der Waals surface area contributed by atoms with Crippen molar-refractivity contribution in [1.82, 2.24) is 10.9 Å². The maximum absolute atomic E-state index is 12.0. The number of aryl methyl sites for hydroxylation is 3. The zero-order valence-electron chi connectivity index (χ0n) is 16.5. The van der Waals surface area contributed by atoms with E-state index < -0.39 is 5.91 Å². The molecule has 0 spiro atoms. The summed E-state index contributed by atoms with van der Waals surface area (Å²) in [6, 6.07) is 19.2. The van der Waals surface area contributed by atoms with Crippen LogP contribution in [0.4, 0.5) is 0 Å². The highest BCUT2D eigenvalue weighted by Gasteiger charge is 2.09. The fraction of sp³-hybridized carbons (Fsp3) is 0.217. The number of amides is 2. The lowest BCUT2D eigenvalue weighted by Gasteiger charge is -2.09. The molecule has 2 aromatic carbocycles. The molecule has 0 bridgehead atoms. The third kappa shape index (κ3) is 6.24. The number of benzene rings is 2. The molecule has 0 unspecified atom stereocenters. The number of nitrogens with one attached hydrogen (secondary N) is 2. The Morgan fingerprint density at radius 1 is 0.897 bits per heavy atom. The Hall–Kier alpha value is -3.54. The summed E-state index contributed by atoms with van der Waals surface area (Å²) in [4.78, 5) is 23.8. The summed E-state index contributed by atoms with van der Waals surface area (Å²) in [5.41, 5.74) is 7.85. The van der Waals surface area contributed by atoms with E-state index in [2.05, 4.69) is 10.9 Å². The van der Waals surface area contributed by atoms with Crippen LogP contribution in [0.2, 0.25) is 0 Å². The average Bonchev–Trinajstić information content (AvgIpc) is 3.18. The molecule has 0 aliphatic carbocycles. The van der Waals surface area contributed by atoms with Crippen LogP contribution in [0.15, 0.2) is 65.1 Å². The molecule has 0 saturated heterocycles. The first-order valence-electron chi connectivity index (χ1n) is 9.42. The third-order valence-electron chi connectivity index (χ3n) is 4.22. The smallest absolute Gasteiger partial charge is 0.276 e. The van der Waals surface area contributed by atoms with Gasteiger partial charge in [-0.1, -0.05) is 36.4 Å². The van der Waals surface area contributed by atoms with Gasteiger partial charge in [-0.25, -0.2) is 0 Å². The van der Waals surface area contributed by atoms with Crippen LogP contribution in [0.3, 0.4) is 0 Å². The first-order chi connectivity index (χ1) is 14.0. The number of furan rings is 1. The molecular formula is C23H24N2O4. The summed E-state index contributed by atoms with van der Waals surface area (Å²) in [5.74, 6) is 1.36. The predicted molar refractivity (Wildman–Crippen MR) is 110 cm³/mol. The van der Waals surface area contributed by atoms with E-state index >= 15 is 0 Å². The van der Waals surface area contributed by atoms with E-state index in [0.29, 0.717) is 17.9 Å². The Morgan fingerprint density at radius 2 is 1.59 bits per heavy atom. The normalized spacial score (nSPS) is 10.4. The fourth-order valence-electron chi connectivity index (χ4n) is 2.91. The molecule has 150 valence electrons. The molecule has 3 aromatic rings. The van der Waals surface area contributed by atoms with Crippen molar-refractivity contribution in [2.45, 2.75) is 26.7 Å². The molecule has 6 nitrogen and oxygen atoms in total. The van der Waals surface area contributed by atoms with Gasteiger partial charge in [-0.2, -0.15) is 0 Å². The lowest BCUT2D eigenvalue weighted by molar-refractivity contribution is -0.130. The van der Waals surface area contributed by atoms with Gasteiger partial charge in [0, 0.05) is 18.4 Å². The molecule has 2 N–H and O–H groups in total. The van der Waals surface area contributed by atoms with Gasteiger partial charge < -0.3 is 9.15 Å². The van der Waals surface area contributed by atoms with Gasteiger partial charge in [-0.3, -0.25) is 20.4 Å². The molecule has 0 aliphatic heterocycles. The molecule has 0 saturated carbocycles. The highest BCUT2D eigenvalue weighted by Crippen LogP contribution is 2.22. The van der Waals surface area contributed by atoms with Crippen molar-refractivity contribution in [3.63, 3.8) is 0 Å². The minimum atomic E-state index is -0.429. The molecule has 2 amide bonds.